The summed E-state index contributed by atoms with van der Waals surface area (Å²) in [5, 5.41) is 6.78. The van der Waals surface area contributed by atoms with E-state index in [2.05, 4.69) is 10.2 Å². The maximum absolute atomic E-state index is 13.2. The highest BCUT2D eigenvalue weighted by Crippen LogP contribution is 2.27. The molecule has 1 saturated heterocycles. The molecule has 0 aliphatic carbocycles. The van der Waals surface area contributed by atoms with Gasteiger partial charge in [0.15, 0.2) is 0 Å². The molecule has 162 valence electrons. The number of aromatic nitrogens is 3. The number of halogens is 1. The normalized spacial score (nSPS) is 14.6. The molecule has 0 unspecified atom stereocenters. The van der Waals surface area contributed by atoms with Crippen LogP contribution >= 0.6 is 0 Å². The van der Waals surface area contributed by atoms with E-state index in [-0.39, 0.29) is 23.3 Å². The number of hydrogen-bond donors (Lipinski definition) is 1. The summed E-state index contributed by atoms with van der Waals surface area (Å²) in [5.74, 6) is 1.23. The van der Waals surface area contributed by atoms with Crippen molar-refractivity contribution in [3.63, 3.8) is 0 Å². The number of hydrogen-bond acceptors (Lipinski definition) is 4. The summed E-state index contributed by atoms with van der Waals surface area (Å²) in [7, 11) is 1.60. The van der Waals surface area contributed by atoms with Crippen LogP contribution in [0.1, 0.15) is 35.7 Å². The Labute approximate surface area is 179 Å². The van der Waals surface area contributed by atoms with Gasteiger partial charge in [-0.25, -0.2) is 14.3 Å². The maximum Gasteiger partial charge on any atom is 0.343 e. The molecule has 1 aliphatic rings. The molecule has 3 aromatic rings. The van der Waals surface area contributed by atoms with Gasteiger partial charge in [0.1, 0.15) is 17.4 Å². The highest BCUT2D eigenvalue weighted by Gasteiger charge is 2.28. The van der Waals surface area contributed by atoms with Crippen LogP contribution in [0.25, 0.3) is 0 Å². The molecule has 8 heteroatoms. The number of nitrogens with zero attached hydrogens (tertiary/aromatic N) is 3. The van der Waals surface area contributed by atoms with Crippen molar-refractivity contribution in [1.29, 1.82) is 0 Å². The van der Waals surface area contributed by atoms with Gasteiger partial charge in [-0.15, -0.1) is 0 Å². The molecule has 1 N–H and O–H groups in total. The van der Waals surface area contributed by atoms with Crippen LogP contribution in [-0.4, -0.2) is 45.8 Å². The van der Waals surface area contributed by atoms with Gasteiger partial charge >= 0.3 is 5.69 Å². The van der Waals surface area contributed by atoms with Crippen LogP contribution in [0.3, 0.4) is 0 Å². The monoisotopic (exact) mass is 424 g/mol. The number of aromatic amines is 1. The Morgan fingerprint density at radius 3 is 2.58 bits per heavy atom. The van der Waals surface area contributed by atoms with Crippen LogP contribution in [0.4, 0.5) is 4.39 Å². The first kappa shape index (κ1) is 20.8. The van der Waals surface area contributed by atoms with Crippen LogP contribution in [0, 0.1) is 5.82 Å². The van der Waals surface area contributed by atoms with Gasteiger partial charge < -0.3 is 9.64 Å². The number of piperidine rings is 1. The summed E-state index contributed by atoms with van der Waals surface area (Å²) in [6, 6.07) is 13.6. The summed E-state index contributed by atoms with van der Waals surface area (Å²) in [6.45, 7) is 1.55. The molecule has 2 aromatic carbocycles. The van der Waals surface area contributed by atoms with E-state index in [1.165, 1.54) is 12.1 Å². The lowest BCUT2D eigenvalue weighted by molar-refractivity contribution is -0.131. The van der Waals surface area contributed by atoms with Gasteiger partial charge in [0.2, 0.25) is 5.91 Å². The molecule has 1 aromatic heterocycles. The molecule has 0 bridgehead atoms. The number of methoxy groups -OCH3 is 1. The average Bonchev–Trinajstić information content (AvgIpc) is 3.16. The fourth-order valence-corrected chi connectivity index (χ4v) is 4.08. The predicted molar refractivity (Wildman–Crippen MR) is 114 cm³/mol. The van der Waals surface area contributed by atoms with Crippen LogP contribution in [0.15, 0.2) is 53.3 Å². The lowest BCUT2D eigenvalue weighted by Crippen LogP contribution is -2.39. The molecular weight excluding hydrogens is 399 g/mol. The SMILES string of the molecule is COc1ccccc1CC(=O)N1CCC(c2n[nH]c(=O)n2Cc2ccc(F)cc2)CC1. The van der Waals surface area contributed by atoms with Gasteiger partial charge in [0.25, 0.3) is 0 Å². The fraction of sp³-hybridized carbons (Fsp3) is 0.348. The maximum atomic E-state index is 13.2. The summed E-state index contributed by atoms with van der Waals surface area (Å²) in [5.41, 5.74) is 1.42. The Morgan fingerprint density at radius 1 is 1.16 bits per heavy atom. The number of nitrogens with one attached hydrogen (secondary N) is 1. The van der Waals surface area contributed by atoms with Crippen molar-refractivity contribution in [2.75, 3.05) is 20.2 Å². The predicted octanol–water partition coefficient (Wildman–Crippen LogP) is 2.72. The minimum absolute atomic E-state index is 0.0636. The quantitative estimate of drug-likeness (QED) is 0.660. The Hall–Kier alpha value is -3.42. The standard InChI is InChI=1S/C23H25FN4O3/c1-31-20-5-3-2-4-18(20)14-21(29)27-12-10-17(11-13-27)22-25-26-23(30)28(22)15-16-6-8-19(24)9-7-16/h2-9,17H,10-15H2,1H3,(H,26,30). The number of amides is 1. The molecule has 0 spiro atoms. The summed E-state index contributed by atoms with van der Waals surface area (Å²) < 4.78 is 20.1. The molecule has 2 heterocycles. The largest absolute Gasteiger partial charge is 0.496 e. The Kier molecular flexibility index (Phi) is 6.16. The highest BCUT2D eigenvalue weighted by molar-refractivity contribution is 5.79. The van der Waals surface area contributed by atoms with Crippen molar-refractivity contribution >= 4 is 5.91 Å². The third kappa shape index (κ3) is 4.68. The second-order valence-electron chi connectivity index (χ2n) is 7.74. The van der Waals surface area contributed by atoms with E-state index in [1.807, 2.05) is 29.2 Å². The van der Waals surface area contributed by atoms with E-state index in [1.54, 1.807) is 23.8 Å². The van der Waals surface area contributed by atoms with Crippen molar-refractivity contribution in [2.45, 2.75) is 31.7 Å². The first-order valence-electron chi connectivity index (χ1n) is 10.3. The third-order valence-corrected chi connectivity index (χ3v) is 5.79. The zero-order valence-corrected chi connectivity index (χ0v) is 17.4. The topological polar surface area (TPSA) is 80.2 Å². The van der Waals surface area contributed by atoms with Gasteiger partial charge in [-0.2, -0.15) is 5.10 Å². The minimum atomic E-state index is -0.311. The molecule has 4 rings (SSSR count). The Morgan fingerprint density at radius 2 is 1.87 bits per heavy atom. The summed E-state index contributed by atoms with van der Waals surface area (Å²) in [6.07, 6.45) is 1.75. The number of carbonyl (C=O) groups is 1. The first-order chi connectivity index (χ1) is 15.0. The average molecular weight is 424 g/mol. The minimum Gasteiger partial charge on any atom is -0.496 e. The Balaban J connectivity index is 1.40. The summed E-state index contributed by atoms with van der Waals surface area (Å²) in [4.78, 5) is 26.9. The van der Waals surface area contributed by atoms with E-state index >= 15 is 0 Å². The molecule has 0 atom stereocenters. The van der Waals surface area contributed by atoms with E-state index in [0.29, 0.717) is 37.6 Å². The zero-order valence-electron chi connectivity index (χ0n) is 17.4. The van der Waals surface area contributed by atoms with Crippen LogP contribution in [0.5, 0.6) is 5.75 Å². The molecular formula is C23H25FN4O3. The van der Waals surface area contributed by atoms with E-state index in [0.717, 1.165) is 24.0 Å². The molecule has 31 heavy (non-hydrogen) atoms. The summed E-state index contributed by atoms with van der Waals surface area (Å²) >= 11 is 0. The Bertz CT molecular complexity index is 1100. The number of ether oxygens (including phenoxy) is 1. The molecule has 1 amide bonds. The van der Waals surface area contributed by atoms with Crippen LogP contribution < -0.4 is 10.4 Å². The molecule has 1 fully saturated rings. The van der Waals surface area contributed by atoms with Gasteiger partial charge in [0, 0.05) is 24.6 Å². The number of likely N-dealkylation sites (tertiary alicyclic amines) is 1. The smallest absolute Gasteiger partial charge is 0.343 e. The van der Waals surface area contributed by atoms with E-state index in [4.69, 9.17) is 4.74 Å². The second kappa shape index (κ2) is 9.16. The number of rotatable bonds is 6. The first-order valence-corrected chi connectivity index (χ1v) is 10.3. The molecule has 0 saturated carbocycles. The lowest BCUT2D eigenvalue weighted by atomic mass is 9.95. The molecule has 0 radical (unpaired) electrons. The van der Waals surface area contributed by atoms with Crippen molar-refractivity contribution in [3.8, 4) is 5.75 Å². The second-order valence-corrected chi connectivity index (χ2v) is 7.74. The van der Waals surface area contributed by atoms with Gasteiger partial charge in [-0.05, 0) is 36.6 Å². The zero-order chi connectivity index (χ0) is 21.8. The third-order valence-electron chi connectivity index (χ3n) is 5.79. The molecule has 1 aliphatic heterocycles. The van der Waals surface area contributed by atoms with Gasteiger partial charge in [-0.3, -0.25) is 9.36 Å². The van der Waals surface area contributed by atoms with Crippen molar-refractivity contribution in [1.82, 2.24) is 19.7 Å². The van der Waals surface area contributed by atoms with Crippen molar-refractivity contribution in [2.24, 2.45) is 0 Å². The van der Waals surface area contributed by atoms with E-state index in [9.17, 15) is 14.0 Å². The van der Waals surface area contributed by atoms with Crippen molar-refractivity contribution < 1.29 is 13.9 Å². The van der Waals surface area contributed by atoms with Gasteiger partial charge in [0.05, 0.1) is 20.1 Å². The number of carbonyl (C=O) groups excluding carboxylic acids is 1. The fourth-order valence-electron chi connectivity index (χ4n) is 4.08. The number of benzene rings is 2. The van der Waals surface area contributed by atoms with E-state index < -0.39 is 0 Å². The van der Waals surface area contributed by atoms with Crippen molar-refractivity contribution in [3.05, 3.63) is 81.8 Å². The highest BCUT2D eigenvalue weighted by atomic mass is 19.1. The van der Waals surface area contributed by atoms with Crippen LogP contribution in [0.2, 0.25) is 0 Å². The number of para-hydroxylation sites is 1. The number of H-pyrrole nitrogens is 1. The van der Waals surface area contributed by atoms with Gasteiger partial charge in [-0.1, -0.05) is 30.3 Å². The molecule has 7 nitrogen and oxygen atoms in total. The van der Waals surface area contributed by atoms with Crippen LogP contribution in [-0.2, 0) is 17.8 Å². The lowest BCUT2D eigenvalue weighted by Gasteiger charge is -2.31.